The number of hydrogen-bond acceptors (Lipinski definition) is 7. The fourth-order valence-corrected chi connectivity index (χ4v) is 27.7. The number of ether oxygens (including phenoxy) is 3. The third kappa shape index (κ3) is 13.3. The zero-order valence-electron chi connectivity index (χ0n) is 63.0. The van der Waals surface area contributed by atoms with Gasteiger partial charge in [0.1, 0.15) is 18.3 Å². The summed E-state index contributed by atoms with van der Waals surface area (Å²) in [6.07, 6.45) is 43.9. The SMILES string of the molecule is CC(C)CCC[C@@H](C)[C@H]1CC[C@H]2[C@@H]3CC=C4C[C@@H](OC(=O)CC(O)(CC(=O)O[C@@H]5CC[C@]6(C)C(=CC[C@@H]7[C@H]8CC[C@@H]([C@@H](C)CCCC(C)C)[C@]8(C)CC[C@H]76)C5)C(=O)O[C@H]5CC[C@@]6(C)C(=CC[C@H]7[C@@H]8CC[C@H]([C@H](C)CCCC(C)C)[C@@]8(C)CC[C@@H]76)C5)CC[C@]4(C)[C@H]3CC[C@]12C. The van der Waals surface area contributed by atoms with Crippen molar-refractivity contribution in [1.29, 1.82) is 0 Å². The van der Waals surface area contributed by atoms with Crippen molar-refractivity contribution in [3.05, 3.63) is 34.9 Å². The van der Waals surface area contributed by atoms with Crippen LogP contribution >= 0.6 is 0 Å². The normalized spacial score (nSPS) is 43.7. The van der Waals surface area contributed by atoms with Gasteiger partial charge in [0, 0.05) is 19.3 Å². The second-order valence-electron chi connectivity index (χ2n) is 39.2. The Bertz CT molecular complexity index is 2660. The van der Waals surface area contributed by atoms with Crippen LogP contribution in [0.2, 0.25) is 0 Å². The summed E-state index contributed by atoms with van der Waals surface area (Å²) in [6, 6.07) is 0. The lowest BCUT2D eigenvalue weighted by Gasteiger charge is -2.58. The average Bonchev–Trinajstić information content (AvgIpc) is 1.36. The summed E-state index contributed by atoms with van der Waals surface area (Å²) >= 11 is 0. The standard InChI is InChI=1S/C87H140O7/c1-54(2)19-16-22-57(7)69-31-34-72-66-28-25-60-49-63(37-43-81(60,10)75(66)40-46-84(69,72)13)92-78(88)52-87(91,80(90)94-65-39-45-83(12)62(51-65)27-30-68-74-36-33-71(59(9)24-18-21-56(5)6)86(74,15)48-42-77(68)83)53-79(89)93-64-38-44-82(11)61(50-64)26-29-67-73-35-32-70(58(8)23-17-20-55(3)4)85(73,14)47-41-76(67)82/h25-27,54-59,63-77,91H,16-24,28-53H2,1-15H3/t57-,58+,59-,63+,64-,65+,66+,67-,68+,69-,70+,71-,72+,73-,74+,75+,76-,77+,81+,82-,83+,84-,85+,86-,87?/m1/s1. The first kappa shape index (κ1) is 71.4. The van der Waals surface area contributed by atoms with Crippen molar-refractivity contribution in [3.8, 4) is 0 Å². The minimum absolute atomic E-state index is 0.0541. The second kappa shape index (κ2) is 27.8. The molecule has 0 heterocycles. The molecule has 9 saturated carbocycles. The Morgan fingerprint density at radius 2 is 0.702 bits per heavy atom. The van der Waals surface area contributed by atoms with Gasteiger partial charge in [-0.25, -0.2) is 4.79 Å². The summed E-state index contributed by atoms with van der Waals surface area (Å²) in [7, 11) is 0. The quantitative estimate of drug-likeness (QED) is 0.0618. The van der Waals surface area contributed by atoms with Crippen molar-refractivity contribution in [3.63, 3.8) is 0 Å². The lowest BCUT2D eigenvalue weighted by atomic mass is 9.47. The fourth-order valence-electron chi connectivity index (χ4n) is 27.7. The third-order valence-electron chi connectivity index (χ3n) is 32.9. The first-order chi connectivity index (χ1) is 44.5. The zero-order valence-corrected chi connectivity index (χ0v) is 63.0. The average molecular weight is 1300 g/mol. The predicted octanol–water partition coefficient (Wildman–Crippen LogP) is 22.4. The van der Waals surface area contributed by atoms with Gasteiger partial charge < -0.3 is 19.3 Å². The molecule has 12 aliphatic rings. The van der Waals surface area contributed by atoms with Crippen LogP contribution < -0.4 is 0 Å². The maximum atomic E-state index is 15.1. The fraction of sp³-hybridized carbons (Fsp3) is 0.897. The molecule has 7 nitrogen and oxygen atoms in total. The van der Waals surface area contributed by atoms with E-state index in [-0.39, 0.29) is 28.5 Å². The van der Waals surface area contributed by atoms with Crippen LogP contribution in [0.25, 0.3) is 0 Å². The van der Waals surface area contributed by atoms with E-state index in [1.54, 1.807) is 0 Å². The Balaban J connectivity index is 0.710. The lowest BCUT2D eigenvalue weighted by molar-refractivity contribution is -0.186. The van der Waals surface area contributed by atoms with E-state index in [1.807, 2.05) is 0 Å². The van der Waals surface area contributed by atoms with Crippen molar-refractivity contribution in [1.82, 2.24) is 0 Å². The summed E-state index contributed by atoms with van der Waals surface area (Å²) in [6.45, 7) is 37.5. The van der Waals surface area contributed by atoms with Gasteiger partial charge in [0.2, 0.25) is 0 Å². The van der Waals surface area contributed by atoms with Crippen molar-refractivity contribution in [2.75, 3.05) is 0 Å². The molecule has 0 saturated heterocycles. The van der Waals surface area contributed by atoms with Gasteiger partial charge in [-0.05, 0) is 274 Å². The molecule has 0 aromatic heterocycles. The van der Waals surface area contributed by atoms with Crippen LogP contribution in [-0.4, -0.2) is 46.9 Å². The van der Waals surface area contributed by atoms with E-state index in [1.165, 1.54) is 152 Å². The van der Waals surface area contributed by atoms with E-state index in [9.17, 15) is 14.7 Å². The molecule has 1 unspecified atom stereocenters. The van der Waals surface area contributed by atoms with Crippen LogP contribution in [0.4, 0.5) is 0 Å². The van der Waals surface area contributed by atoms with Crippen molar-refractivity contribution in [2.24, 2.45) is 139 Å². The molecule has 0 aromatic carbocycles. The maximum Gasteiger partial charge on any atom is 0.339 e. The molecule has 0 radical (unpaired) electrons. The summed E-state index contributed by atoms with van der Waals surface area (Å²) in [5.41, 5.74) is 3.37. The van der Waals surface area contributed by atoms with Crippen LogP contribution in [0.15, 0.2) is 34.9 Å². The highest BCUT2D eigenvalue weighted by Crippen LogP contribution is 2.71. The Morgan fingerprint density at radius 3 is 1.00 bits per heavy atom. The lowest BCUT2D eigenvalue weighted by Crippen LogP contribution is -2.52. The first-order valence-corrected chi connectivity index (χ1v) is 40.9. The molecular formula is C87H140O7. The molecule has 0 aliphatic heterocycles. The van der Waals surface area contributed by atoms with Crippen LogP contribution in [-0.2, 0) is 28.6 Å². The molecule has 0 bridgehead atoms. The third-order valence-corrected chi connectivity index (χ3v) is 32.9. The second-order valence-corrected chi connectivity index (χ2v) is 39.2. The Kier molecular flexibility index (Phi) is 21.2. The Morgan fingerprint density at radius 1 is 0.404 bits per heavy atom. The summed E-state index contributed by atoms with van der Waals surface area (Å²) in [5.74, 6) is 11.3. The van der Waals surface area contributed by atoms with Crippen LogP contribution in [0.5, 0.6) is 0 Å². The Hall–Kier alpha value is -2.41. The van der Waals surface area contributed by atoms with Gasteiger partial charge in [0.15, 0.2) is 5.60 Å². The molecular weight excluding hydrogens is 1160 g/mol. The highest BCUT2D eigenvalue weighted by Gasteiger charge is 2.63. The molecule has 12 rings (SSSR count). The van der Waals surface area contributed by atoms with Gasteiger partial charge in [-0.15, -0.1) is 0 Å². The summed E-state index contributed by atoms with van der Waals surface area (Å²) < 4.78 is 19.4. The molecule has 12 aliphatic carbocycles. The van der Waals surface area contributed by atoms with E-state index in [0.29, 0.717) is 77.4 Å². The number of allylic oxidation sites excluding steroid dienone is 3. The Labute approximate surface area is 575 Å². The van der Waals surface area contributed by atoms with E-state index >= 15 is 4.79 Å². The van der Waals surface area contributed by atoms with Crippen LogP contribution in [0, 0.1) is 139 Å². The molecule has 0 aromatic rings. The number of fused-ring (bicyclic) bond motifs is 15. The molecule has 9 fully saturated rings. The van der Waals surface area contributed by atoms with Gasteiger partial charge in [-0.2, -0.15) is 0 Å². The van der Waals surface area contributed by atoms with Crippen molar-refractivity contribution in [2.45, 2.75) is 352 Å². The topological polar surface area (TPSA) is 99.1 Å². The van der Waals surface area contributed by atoms with E-state index in [4.69, 9.17) is 14.2 Å². The van der Waals surface area contributed by atoms with E-state index < -0.39 is 42.5 Å². The molecule has 7 heteroatoms. The monoisotopic (exact) mass is 1300 g/mol. The van der Waals surface area contributed by atoms with Gasteiger partial charge >= 0.3 is 17.9 Å². The summed E-state index contributed by atoms with van der Waals surface area (Å²) in [5, 5.41) is 12.9. The first-order valence-electron chi connectivity index (χ1n) is 40.9. The largest absolute Gasteiger partial charge is 0.462 e. The highest BCUT2D eigenvalue weighted by molar-refractivity contribution is 5.90. The number of carbonyl (C=O) groups is 3. The number of aliphatic hydroxyl groups is 1. The van der Waals surface area contributed by atoms with Crippen LogP contribution in [0.1, 0.15) is 329 Å². The van der Waals surface area contributed by atoms with Crippen molar-refractivity contribution >= 4 is 17.9 Å². The molecule has 25 atom stereocenters. The minimum Gasteiger partial charge on any atom is -0.462 e. The van der Waals surface area contributed by atoms with Gasteiger partial charge in [-0.3, -0.25) is 9.59 Å². The zero-order chi connectivity index (χ0) is 67.1. The summed E-state index contributed by atoms with van der Waals surface area (Å²) in [4.78, 5) is 44.3. The van der Waals surface area contributed by atoms with Gasteiger partial charge in [0.25, 0.3) is 0 Å². The molecule has 94 heavy (non-hydrogen) atoms. The van der Waals surface area contributed by atoms with Gasteiger partial charge in [0.05, 0.1) is 12.8 Å². The smallest absolute Gasteiger partial charge is 0.339 e. The van der Waals surface area contributed by atoms with E-state index in [0.717, 1.165) is 122 Å². The van der Waals surface area contributed by atoms with E-state index in [2.05, 4.69) is 122 Å². The van der Waals surface area contributed by atoms with Crippen LogP contribution in [0.3, 0.4) is 0 Å². The minimum atomic E-state index is -2.42. The van der Waals surface area contributed by atoms with Gasteiger partial charge in [-0.1, -0.05) is 197 Å². The number of rotatable bonds is 23. The molecule has 530 valence electrons. The molecule has 0 spiro atoms. The van der Waals surface area contributed by atoms with Crippen molar-refractivity contribution < 1.29 is 33.7 Å². The number of carbonyl (C=O) groups excluding carboxylic acids is 3. The molecule has 0 amide bonds. The molecule has 1 N–H and O–H groups in total. The predicted molar refractivity (Wildman–Crippen MR) is 383 cm³/mol. The number of hydrogen-bond donors (Lipinski definition) is 1. The maximum absolute atomic E-state index is 15.1. The highest BCUT2D eigenvalue weighted by atomic mass is 16.6. The number of esters is 3.